The SMILES string of the molecule is Fc1ccc(Br)c(CNCc2cc(Br)c(Br)s2)c1. The minimum Gasteiger partial charge on any atom is -0.308 e. The van der Waals surface area contributed by atoms with Crippen LogP contribution in [0, 0.1) is 5.82 Å². The van der Waals surface area contributed by atoms with Gasteiger partial charge < -0.3 is 5.32 Å². The highest BCUT2D eigenvalue weighted by atomic mass is 79.9. The van der Waals surface area contributed by atoms with Crippen molar-refractivity contribution in [3.05, 3.63) is 53.3 Å². The van der Waals surface area contributed by atoms with E-state index in [2.05, 4.69) is 59.2 Å². The van der Waals surface area contributed by atoms with E-state index >= 15 is 0 Å². The molecule has 0 radical (unpaired) electrons. The first kappa shape index (κ1) is 14.7. The van der Waals surface area contributed by atoms with Gasteiger partial charge in [0.05, 0.1) is 3.79 Å². The Hall–Kier alpha value is 0.250. The molecule has 0 unspecified atom stereocenters. The summed E-state index contributed by atoms with van der Waals surface area (Å²) in [6, 6.07) is 6.78. The maximum Gasteiger partial charge on any atom is 0.123 e. The summed E-state index contributed by atoms with van der Waals surface area (Å²) in [4.78, 5) is 1.22. The van der Waals surface area contributed by atoms with Gasteiger partial charge in [-0.05, 0) is 61.7 Å². The van der Waals surface area contributed by atoms with Gasteiger partial charge in [0.1, 0.15) is 5.82 Å². The summed E-state index contributed by atoms with van der Waals surface area (Å²) in [5.74, 6) is -0.211. The second kappa shape index (κ2) is 6.61. The highest BCUT2D eigenvalue weighted by molar-refractivity contribution is 9.13. The van der Waals surface area contributed by atoms with E-state index in [0.29, 0.717) is 6.54 Å². The van der Waals surface area contributed by atoms with Gasteiger partial charge in [0, 0.05) is 26.9 Å². The van der Waals surface area contributed by atoms with Crippen molar-refractivity contribution in [2.45, 2.75) is 13.1 Å². The second-order valence-electron chi connectivity index (χ2n) is 3.67. The first-order chi connectivity index (χ1) is 8.56. The maximum absolute atomic E-state index is 13.1. The molecule has 18 heavy (non-hydrogen) atoms. The fourth-order valence-corrected chi connectivity index (χ4v) is 4.01. The quantitative estimate of drug-likeness (QED) is 0.642. The van der Waals surface area contributed by atoms with Crippen molar-refractivity contribution in [1.82, 2.24) is 5.32 Å². The van der Waals surface area contributed by atoms with E-state index in [9.17, 15) is 4.39 Å². The van der Waals surface area contributed by atoms with Crippen molar-refractivity contribution in [3.8, 4) is 0 Å². The molecule has 0 fully saturated rings. The Kier molecular flexibility index (Phi) is 5.38. The van der Waals surface area contributed by atoms with Crippen LogP contribution in [0.4, 0.5) is 4.39 Å². The molecule has 96 valence electrons. The Labute approximate surface area is 134 Å². The van der Waals surface area contributed by atoms with Gasteiger partial charge in [0.15, 0.2) is 0 Å². The molecule has 2 rings (SSSR count). The zero-order valence-electron chi connectivity index (χ0n) is 9.14. The van der Waals surface area contributed by atoms with Crippen LogP contribution < -0.4 is 5.32 Å². The molecule has 2 aromatic rings. The summed E-state index contributed by atoms with van der Waals surface area (Å²) in [6.07, 6.45) is 0. The van der Waals surface area contributed by atoms with E-state index in [1.807, 2.05) is 0 Å². The molecular weight excluding hydrogens is 449 g/mol. The number of thiophene rings is 1. The van der Waals surface area contributed by atoms with Crippen molar-refractivity contribution < 1.29 is 4.39 Å². The summed E-state index contributed by atoms with van der Waals surface area (Å²) in [5.41, 5.74) is 0.921. The lowest BCUT2D eigenvalue weighted by atomic mass is 10.2. The number of benzene rings is 1. The normalized spacial score (nSPS) is 10.9. The van der Waals surface area contributed by atoms with Gasteiger partial charge in [-0.3, -0.25) is 0 Å². The molecule has 0 aliphatic rings. The fourth-order valence-electron chi connectivity index (χ4n) is 1.48. The Morgan fingerprint density at radius 1 is 1.06 bits per heavy atom. The smallest absolute Gasteiger partial charge is 0.123 e. The van der Waals surface area contributed by atoms with Crippen molar-refractivity contribution in [1.29, 1.82) is 0 Å². The van der Waals surface area contributed by atoms with Crippen LogP contribution in [0.3, 0.4) is 0 Å². The molecule has 0 bridgehead atoms. The Balaban J connectivity index is 1.94. The van der Waals surface area contributed by atoms with E-state index < -0.39 is 0 Å². The van der Waals surface area contributed by atoms with E-state index in [4.69, 9.17) is 0 Å². The summed E-state index contributed by atoms with van der Waals surface area (Å²) in [7, 11) is 0. The van der Waals surface area contributed by atoms with Crippen LogP contribution in [-0.4, -0.2) is 0 Å². The highest BCUT2D eigenvalue weighted by Crippen LogP contribution is 2.32. The van der Waals surface area contributed by atoms with Crippen LogP contribution in [0.25, 0.3) is 0 Å². The van der Waals surface area contributed by atoms with E-state index in [1.165, 1.54) is 17.0 Å². The number of rotatable bonds is 4. The van der Waals surface area contributed by atoms with E-state index in [-0.39, 0.29) is 5.82 Å². The highest BCUT2D eigenvalue weighted by Gasteiger charge is 2.05. The third kappa shape index (κ3) is 3.87. The van der Waals surface area contributed by atoms with Gasteiger partial charge in [-0.25, -0.2) is 4.39 Å². The largest absolute Gasteiger partial charge is 0.308 e. The predicted molar refractivity (Wildman–Crippen MR) is 84.4 cm³/mol. The van der Waals surface area contributed by atoms with Crippen LogP contribution in [0.5, 0.6) is 0 Å². The van der Waals surface area contributed by atoms with Crippen LogP contribution in [0.1, 0.15) is 10.4 Å². The van der Waals surface area contributed by atoms with Crippen molar-refractivity contribution >= 4 is 59.1 Å². The minimum atomic E-state index is -0.211. The third-order valence-corrected chi connectivity index (χ3v) is 6.35. The van der Waals surface area contributed by atoms with Gasteiger partial charge in [0.2, 0.25) is 0 Å². The third-order valence-electron chi connectivity index (χ3n) is 2.32. The molecule has 0 aliphatic heterocycles. The minimum absolute atomic E-state index is 0.211. The molecular formula is C12H9Br3FNS. The maximum atomic E-state index is 13.1. The predicted octanol–water partition coefficient (Wildman–Crippen LogP) is 5.46. The monoisotopic (exact) mass is 455 g/mol. The molecule has 0 atom stereocenters. The molecule has 1 nitrogen and oxygen atoms in total. The molecule has 6 heteroatoms. The lowest BCUT2D eigenvalue weighted by Gasteiger charge is -2.06. The van der Waals surface area contributed by atoms with Crippen LogP contribution in [0.15, 0.2) is 37.0 Å². The Morgan fingerprint density at radius 2 is 1.83 bits per heavy atom. The zero-order valence-corrected chi connectivity index (χ0v) is 14.7. The van der Waals surface area contributed by atoms with Crippen LogP contribution >= 0.6 is 59.1 Å². The van der Waals surface area contributed by atoms with Gasteiger partial charge in [-0.2, -0.15) is 0 Å². The Morgan fingerprint density at radius 3 is 2.50 bits per heavy atom. The first-order valence-electron chi connectivity index (χ1n) is 5.14. The topological polar surface area (TPSA) is 12.0 Å². The molecule has 1 aromatic heterocycles. The van der Waals surface area contributed by atoms with Crippen molar-refractivity contribution in [3.63, 3.8) is 0 Å². The zero-order chi connectivity index (χ0) is 13.1. The standard InChI is InChI=1S/C12H9Br3FNS/c13-10-2-1-8(16)3-7(10)5-17-6-9-4-11(14)12(15)18-9/h1-4,17H,5-6H2. The average molecular weight is 458 g/mol. The summed E-state index contributed by atoms with van der Waals surface area (Å²) < 4.78 is 16.2. The van der Waals surface area contributed by atoms with Crippen LogP contribution in [-0.2, 0) is 13.1 Å². The number of nitrogens with one attached hydrogen (secondary N) is 1. The van der Waals surface area contributed by atoms with Crippen molar-refractivity contribution in [2.24, 2.45) is 0 Å². The molecule has 0 aliphatic carbocycles. The molecule has 1 aromatic carbocycles. The molecule has 0 amide bonds. The second-order valence-corrected chi connectivity index (χ2v) is 7.84. The molecule has 0 saturated carbocycles. The fraction of sp³-hybridized carbons (Fsp3) is 0.167. The number of halogens is 4. The summed E-state index contributed by atoms with van der Waals surface area (Å²) in [5, 5.41) is 3.30. The van der Waals surface area contributed by atoms with Gasteiger partial charge >= 0.3 is 0 Å². The molecule has 0 saturated heterocycles. The van der Waals surface area contributed by atoms with Crippen molar-refractivity contribution in [2.75, 3.05) is 0 Å². The first-order valence-corrected chi connectivity index (χ1v) is 8.34. The van der Waals surface area contributed by atoms with Gasteiger partial charge in [-0.1, -0.05) is 15.9 Å². The lowest BCUT2D eigenvalue weighted by Crippen LogP contribution is -2.12. The van der Waals surface area contributed by atoms with Gasteiger partial charge in [0.25, 0.3) is 0 Å². The van der Waals surface area contributed by atoms with E-state index in [1.54, 1.807) is 17.4 Å². The Bertz CT molecular complexity index is 537. The molecule has 1 heterocycles. The molecule has 1 N–H and O–H groups in total. The average Bonchev–Trinajstić information content (AvgIpc) is 2.63. The van der Waals surface area contributed by atoms with Crippen LogP contribution in [0.2, 0.25) is 0 Å². The number of hydrogen-bond acceptors (Lipinski definition) is 2. The van der Waals surface area contributed by atoms with Gasteiger partial charge in [-0.15, -0.1) is 11.3 Å². The van der Waals surface area contributed by atoms with E-state index in [0.717, 1.165) is 24.8 Å². The lowest BCUT2D eigenvalue weighted by molar-refractivity contribution is 0.620. The summed E-state index contributed by atoms with van der Waals surface area (Å²) in [6.45, 7) is 1.39. The number of hydrogen-bond donors (Lipinski definition) is 1. The molecule has 0 spiro atoms. The summed E-state index contributed by atoms with van der Waals surface area (Å²) >= 11 is 12.0.